The molecule has 0 bridgehead atoms. The van der Waals surface area contributed by atoms with Crippen LogP contribution < -0.4 is 5.32 Å². The molecule has 1 heterocycles. The first-order valence-electron chi connectivity index (χ1n) is 9.77. The summed E-state index contributed by atoms with van der Waals surface area (Å²) in [7, 11) is 0. The number of likely N-dealkylation sites (tertiary alicyclic amines) is 1. The Morgan fingerprint density at radius 1 is 1.07 bits per heavy atom. The smallest absolute Gasteiger partial charge is 0.251 e. The molecule has 4 rings (SSSR count). The highest BCUT2D eigenvalue weighted by Crippen LogP contribution is 2.24. The molecule has 0 saturated carbocycles. The largest absolute Gasteiger partial charge is 0.345 e. The van der Waals surface area contributed by atoms with Crippen molar-refractivity contribution < 1.29 is 9.59 Å². The van der Waals surface area contributed by atoms with E-state index < -0.39 is 0 Å². The van der Waals surface area contributed by atoms with Gasteiger partial charge in [0, 0.05) is 25.1 Å². The molecule has 0 spiro atoms. The van der Waals surface area contributed by atoms with Crippen LogP contribution in [-0.4, -0.2) is 23.3 Å². The number of nitrogens with one attached hydrogen (secondary N) is 1. The number of amides is 2. The molecule has 4 heteroatoms. The van der Waals surface area contributed by atoms with Gasteiger partial charge in [-0.25, -0.2) is 0 Å². The maximum atomic E-state index is 12.8. The number of rotatable bonds is 5. The zero-order chi connectivity index (χ0) is 19.5. The molecule has 1 unspecified atom stereocenters. The lowest BCUT2D eigenvalue weighted by Crippen LogP contribution is -2.27. The number of hydrogen-bond acceptors (Lipinski definition) is 2. The molecular formula is C24H24N2O2. The highest BCUT2D eigenvalue weighted by Gasteiger charge is 2.20. The van der Waals surface area contributed by atoms with E-state index in [1.54, 1.807) is 0 Å². The van der Waals surface area contributed by atoms with E-state index in [2.05, 4.69) is 29.6 Å². The number of fused-ring (bicyclic) bond motifs is 1. The molecule has 1 N–H and O–H groups in total. The minimum absolute atomic E-state index is 0.102. The fourth-order valence-electron chi connectivity index (χ4n) is 3.89. The molecule has 0 aliphatic carbocycles. The van der Waals surface area contributed by atoms with Crippen molar-refractivity contribution in [3.63, 3.8) is 0 Å². The van der Waals surface area contributed by atoms with E-state index >= 15 is 0 Å². The van der Waals surface area contributed by atoms with Gasteiger partial charge in [-0.05, 0) is 47.4 Å². The quantitative estimate of drug-likeness (QED) is 0.719. The monoisotopic (exact) mass is 372 g/mol. The molecule has 1 saturated heterocycles. The van der Waals surface area contributed by atoms with Crippen molar-refractivity contribution in [1.82, 2.24) is 10.2 Å². The van der Waals surface area contributed by atoms with E-state index in [1.165, 1.54) is 5.39 Å². The second-order valence-corrected chi connectivity index (χ2v) is 7.38. The van der Waals surface area contributed by atoms with Crippen LogP contribution in [0.4, 0.5) is 0 Å². The van der Waals surface area contributed by atoms with Crippen LogP contribution in [0.2, 0.25) is 0 Å². The fraction of sp³-hybridized carbons (Fsp3) is 0.250. The molecule has 3 aromatic carbocycles. The highest BCUT2D eigenvalue weighted by atomic mass is 16.2. The normalized spacial score (nSPS) is 15.0. The second-order valence-electron chi connectivity index (χ2n) is 7.38. The van der Waals surface area contributed by atoms with Gasteiger partial charge in [0.1, 0.15) is 0 Å². The lowest BCUT2D eigenvalue weighted by Gasteiger charge is -2.18. The zero-order valence-corrected chi connectivity index (χ0v) is 16.0. The van der Waals surface area contributed by atoms with Gasteiger partial charge in [-0.3, -0.25) is 9.59 Å². The molecule has 28 heavy (non-hydrogen) atoms. The van der Waals surface area contributed by atoms with Crippen LogP contribution in [0.25, 0.3) is 10.8 Å². The van der Waals surface area contributed by atoms with Gasteiger partial charge in [0.15, 0.2) is 0 Å². The van der Waals surface area contributed by atoms with Gasteiger partial charge in [-0.2, -0.15) is 0 Å². The van der Waals surface area contributed by atoms with Crippen molar-refractivity contribution in [2.24, 2.45) is 0 Å². The Hall–Kier alpha value is -3.14. The predicted molar refractivity (Wildman–Crippen MR) is 111 cm³/mol. The highest BCUT2D eigenvalue weighted by molar-refractivity contribution is 5.95. The summed E-state index contributed by atoms with van der Waals surface area (Å²) in [4.78, 5) is 26.5. The molecule has 0 aromatic heterocycles. The van der Waals surface area contributed by atoms with Crippen LogP contribution in [-0.2, 0) is 11.3 Å². The summed E-state index contributed by atoms with van der Waals surface area (Å²) in [5.74, 6) is 0.0921. The molecule has 4 nitrogen and oxygen atoms in total. The lowest BCUT2D eigenvalue weighted by atomic mass is 9.99. The van der Waals surface area contributed by atoms with Crippen molar-refractivity contribution in [3.05, 3.63) is 83.4 Å². The predicted octanol–water partition coefficient (Wildman–Crippen LogP) is 4.45. The second kappa shape index (κ2) is 7.85. The lowest BCUT2D eigenvalue weighted by molar-refractivity contribution is -0.128. The average Bonchev–Trinajstić information content (AvgIpc) is 3.12. The van der Waals surface area contributed by atoms with E-state index in [4.69, 9.17) is 0 Å². The molecule has 142 valence electrons. The number of nitrogens with zero attached hydrogens (tertiary/aromatic N) is 1. The summed E-state index contributed by atoms with van der Waals surface area (Å²) in [6, 6.07) is 21.8. The van der Waals surface area contributed by atoms with Crippen molar-refractivity contribution in [2.45, 2.75) is 32.4 Å². The van der Waals surface area contributed by atoms with Gasteiger partial charge in [-0.1, -0.05) is 54.6 Å². The molecule has 3 aromatic rings. The van der Waals surface area contributed by atoms with Crippen LogP contribution in [0.5, 0.6) is 0 Å². The first-order chi connectivity index (χ1) is 13.6. The SMILES string of the molecule is CC(NC(=O)c1cccc(CN2CCCC2=O)c1)c1cccc2ccccc12. The minimum Gasteiger partial charge on any atom is -0.345 e. The molecule has 0 radical (unpaired) electrons. The molecule has 2 amide bonds. The van der Waals surface area contributed by atoms with Crippen molar-refractivity contribution >= 4 is 22.6 Å². The zero-order valence-electron chi connectivity index (χ0n) is 16.0. The van der Waals surface area contributed by atoms with Gasteiger partial charge < -0.3 is 10.2 Å². The standard InChI is InChI=1S/C24H24N2O2/c1-17(21-12-5-9-19-8-2-3-11-22(19)21)25-24(28)20-10-4-7-18(15-20)16-26-14-6-13-23(26)27/h2-5,7-12,15,17H,6,13-14,16H2,1H3,(H,25,28). The van der Waals surface area contributed by atoms with E-state index in [0.29, 0.717) is 18.5 Å². The first kappa shape index (κ1) is 18.2. The van der Waals surface area contributed by atoms with Crippen molar-refractivity contribution in [3.8, 4) is 0 Å². The Bertz CT molecular complexity index is 1020. The maximum Gasteiger partial charge on any atom is 0.251 e. The number of carbonyl (C=O) groups is 2. The summed E-state index contributed by atoms with van der Waals surface area (Å²) in [6.07, 6.45) is 1.55. The van der Waals surface area contributed by atoms with E-state index in [-0.39, 0.29) is 17.9 Å². The number of carbonyl (C=O) groups excluding carboxylic acids is 2. The van der Waals surface area contributed by atoms with Gasteiger partial charge in [-0.15, -0.1) is 0 Å². The van der Waals surface area contributed by atoms with Gasteiger partial charge in [0.2, 0.25) is 5.91 Å². The molecule has 1 atom stereocenters. The summed E-state index contributed by atoms with van der Waals surface area (Å²) < 4.78 is 0. The van der Waals surface area contributed by atoms with Crippen LogP contribution in [0, 0.1) is 0 Å². The van der Waals surface area contributed by atoms with E-state index in [1.807, 2.05) is 54.3 Å². The fourth-order valence-corrected chi connectivity index (χ4v) is 3.89. The molecule has 1 aliphatic rings. The molecule has 1 aliphatic heterocycles. The summed E-state index contributed by atoms with van der Waals surface area (Å²) in [5, 5.41) is 5.43. The Labute approximate surface area is 165 Å². The topological polar surface area (TPSA) is 49.4 Å². The maximum absolute atomic E-state index is 12.8. The van der Waals surface area contributed by atoms with Crippen molar-refractivity contribution in [1.29, 1.82) is 0 Å². The molecular weight excluding hydrogens is 348 g/mol. The molecule has 1 fully saturated rings. The Morgan fingerprint density at radius 2 is 1.86 bits per heavy atom. The summed E-state index contributed by atoms with van der Waals surface area (Å²) in [6.45, 7) is 3.37. The summed E-state index contributed by atoms with van der Waals surface area (Å²) in [5.41, 5.74) is 2.71. The average molecular weight is 372 g/mol. The number of benzene rings is 3. The Balaban J connectivity index is 1.50. The van der Waals surface area contributed by atoms with E-state index in [9.17, 15) is 9.59 Å². The van der Waals surface area contributed by atoms with Gasteiger partial charge >= 0.3 is 0 Å². The summed E-state index contributed by atoms with van der Waals surface area (Å²) >= 11 is 0. The van der Waals surface area contributed by atoms with Crippen LogP contribution in [0.15, 0.2) is 66.7 Å². The van der Waals surface area contributed by atoms with Crippen LogP contribution >= 0.6 is 0 Å². The third kappa shape index (κ3) is 3.77. The third-order valence-corrected chi connectivity index (χ3v) is 5.37. The minimum atomic E-state index is -0.109. The van der Waals surface area contributed by atoms with E-state index in [0.717, 1.165) is 29.5 Å². The Morgan fingerprint density at radius 3 is 2.68 bits per heavy atom. The van der Waals surface area contributed by atoms with Crippen LogP contribution in [0.1, 0.15) is 47.3 Å². The first-order valence-corrected chi connectivity index (χ1v) is 9.77. The number of hydrogen-bond donors (Lipinski definition) is 1. The van der Waals surface area contributed by atoms with Crippen LogP contribution in [0.3, 0.4) is 0 Å². The van der Waals surface area contributed by atoms with Crippen molar-refractivity contribution in [2.75, 3.05) is 6.54 Å². The Kier molecular flexibility index (Phi) is 5.11. The van der Waals surface area contributed by atoms with Gasteiger partial charge in [0.25, 0.3) is 5.91 Å². The van der Waals surface area contributed by atoms with Gasteiger partial charge in [0.05, 0.1) is 6.04 Å². The third-order valence-electron chi connectivity index (χ3n) is 5.37.